The van der Waals surface area contributed by atoms with Gasteiger partial charge in [0.05, 0.1) is 22.2 Å². The molecule has 1 unspecified atom stereocenters. The summed E-state index contributed by atoms with van der Waals surface area (Å²) in [4.78, 5) is 23.2. The van der Waals surface area contributed by atoms with Gasteiger partial charge in [-0.1, -0.05) is 60.6 Å². The highest BCUT2D eigenvalue weighted by Crippen LogP contribution is 2.36. The van der Waals surface area contributed by atoms with Crippen LogP contribution in [0.15, 0.2) is 72.0 Å². The Kier molecular flexibility index (Phi) is 9.28. The number of anilines is 1. The normalized spacial score (nSPS) is 15.1. The fourth-order valence-corrected chi connectivity index (χ4v) is 5.85. The molecule has 14 heteroatoms. The number of alkyl halides is 3. The lowest BCUT2D eigenvalue weighted by atomic mass is 10.00. The summed E-state index contributed by atoms with van der Waals surface area (Å²) in [6.45, 7) is 6.45. The topological polar surface area (TPSA) is 84.6 Å². The van der Waals surface area contributed by atoms with Gasteiger partial charge in [0.25, 0.3) is 0 Å². The average Bonchev–Trinajstić information content (AvgIpc) is 3.61. The first kappa shape index (κ1) is 31.5. The number of hydrogen-bond donors (Lipinski definition) is 1. The number of hydrogen-bond acceptors (Lipinski definition) is 6. The number of halogens is 4. The summed E-state index contributed by atoms with van der Waals surface area (Å²) in [6, 6.07) is 16.8. The van der Waals surface area contributed by atoms with Crippen molar-refractivity contribution >= 4 is 57.5 Å². The lowest BCUT2D eigenvalue weighted by Gasteiger charge is -2.21. The molecule has 1 aliphatic rings. The Bertz CT molecular complexity index is 1730. The summed E-state index contributed by atoms with van der Waals surface area (Å²) in [5.41, 5.74) is 4.92. The minimum absolute atomic E-state index is 0.0765. The second-order valence-electron chi connectivity index (χ2n) is 10.0. The fourth-order valence-electron chi connectivity index (χ4n) is 4.47. The third kappa shape index (κ3) is 7.22. The van der Waals surface area contributed by atoms with Crippen LogP contribution in [0.4, 0.5) is 18.9 Å². The van der Waals surface area contributed by atoms with Crippen molar-refractivity contribution in [3.63, 3.8) is 0 Å². The number of carbonyl (C=O) groups excluding carboxylic acids is 1. The molecule has 1 aromatic heterocycles. The van der Waals surface area contributed by atoms with Gasteiger partial charge in [-0.05, 0) is 79.0 Å². The van der Waals surface area contributed by atoms with Crippen molar-refractivity contribution in [3.8, 4) is 22.8 Å². The molecule has 8 nitrogen and oxygen atoms in total. The molecule has 0 saturated carbocycles. The largest absolute Gasteiger partial charge is 0.573 e. The van der Waals surface area contributed by atoms with Crippen LogP contribution in [0.3, 0.4) is 0 Å². The van der Waals surface area contributed by atoms with Crippen molar-refractivity contribution in [2.45, 2.75) is 33.1 Å². The van der Waals surface area contributed by atoms with Gasteiger partial charge in [0.15, 0.2) is 16.1 Å². The molecular weight excluding hydrogens is 633 g/mol. The molecule has 3 aromatic carbocycles. The molecule has 4 aromatic rings. The van der Waals surface area contributed by atoms with Gasteiger partial charge in [-0.3, -0.25) is 9.69 Å². The second-order valence-corrected chi connectivity index (χ2v) is 11.8. The molecule has 1 saturated heterocycles. The van der Waals surface area contributed by atoms with Crippen LogP contribution in [-0.2, 0) is 4.79 Å². The number of amidine groups is 1. The van der Waals surface area contributed by atoms with Crippen LogP contribution in [0, 0.1) is 13.8 Å². The van der Waals surface area contributed by atoms with Crippen molar-refractivity contribution in [1.82, 2.24) is 20.1 Å². The van der Waals surface area contributed by atoms with Crippen LogP contribution in [0.25, 0.3) is 17.1 Å². The number of amides is 1. The third-order valence-electron chi connectivity index (χ3n) is 6.96. The Labute approximate surface area is 266 Å². The van der Waals surface area contributed by atoms with E-state index >= 15 is 0 Å². The Morgan fingerprint density at radius 1 is 1.14 bits per heavy atom. The number of aryl methyl sites for hydroxylation is 1. The molecule has 0 aliphatic carbocycles. The number of carbonyl (C=O) groups is 1. The van der Waals surface area contributed by atoms with E-state index in [1.807, 2.05) is 51.1 Å². The van der Waals surface area contributed by atoms with E-state index in [4.69, 9.17) is 23.8 Å². The van der Waals surface area contributed by atoms with E-state index in [0.29, 0.717) is 33.9 Å². The second kappa shape index (κ2) is 13.0. The van der Waals surface area contributed by atoms with Gasteiger partial charge in [0, 0.05) is 12.1 Å². The molecule has 1 amide bonds. The lowest BCUT2D eigenvalue weighted by Crippen LogP contribution is -2.32. The first-order valence-electron chi connectivity index (χ1n) is 13.4. The number of thiocarbonyl (C=S) groups is 1. The van der Waals surface area contributed by atoms with Crippen LogP contribution in [0.1, 0.15) is 29.5 Å². The van der Waals surface area contributed by atoms with Gasteiger partial charge in [0.2, 0.25) is 5.91 Å². The molecule has 44 heavy (non-hydrogen) atoms. The Morgan fingerprint density at radius 2 is 1.84 bits per heavy atom. The predicted molar refractivity (Wildman–Crippen MR) is 171 cm³/mol. The van der Waals surface area contributed by atoms with Crippen molar-refractivity contribution < 1.29 is 22.7 Å². The zero-order chi connectivity index (χ0) is 31.6. The van der Waals surface area contributed by atoms with Gasteiger partial charge in [-0.2, -0.15) is 4.99 Å². The number of nitrogens with zero attached hydrogens (tertiary/aromatic N) is 5. The number of benzene rings is 3. The molecular formula is C30H26ClF3N6O2S2. The van der Waals surface area contributed by atoms with Gasteiger partial charge in [0.1, 0.15) is 12.1 Å². The zero-order valence-corrected chi connectivity index (χ0v) is 26.1. The SMILES string of the molecule is Cc1ccc(Cl)c(N2C(=O)CSC2=NC(=S)NCC(C)c2ccc(-c3ncn(-c4ccc(OC(F)(F)F)cc4)n3)cc2)c1C. The van der Waals surface area contributed by atoms with Crippen LogP contribution in [0.5, 0.6) is 5.75 Å². The summed E-state index contributed by atoms with van der Waals surface area (Å²) in [5, 5.41) is 8.85. The maximum Gasteiger partial charge on any atom is 0.573 e. The van der Waals surface area contributed by atoms with Gasteiger partial charge in [-0.15, -0.1) is 18.3 Å². The summed E-state index contributed by atoms with van der Waals surface area (Å²) in [6.07, 6.45) is -3.26. The number of thioether (sulfide) groups is 1. The molecule has 1 atom stereocenters. The standard InChI is InChI=1S/C30H26ClF3N6O2S2/c1-17-4-13-24(31)26(19(17)3)40-25(41)15-44-29(40)37-28(43)35-14-18(2)20-5-7-21(8-6-20)27-36-16-39(38-27)22-9-11-23(12-10-22)42-30(32,33)34/h4-13,16,18H,14-15H2,1-3H3,(H,35,43). The molecule has 228 valence electrons. The van der Waals surface area contributed by atoms with Crippen molar-refractivity contribution in [1.29, 1.82) is 0 Å². The quantitative estimate of drug-likeness (QED) is 0.210. The van der Waals surface area contributed by atoms with E-state index in [2.05, 4.69) is 25.1 Å². The first-order valence-corrected chi connectivity index (χ1v) is 15.1. The summed E-state index contributed by atoms with van der Waals surface area (Å²) in [5.74, 6) is 0.378. The molecule has 0 spiro atoms. The highest BCUT2D eigenvalue weighted by atomic mass is 35.5. The maximum absolute atomic E-state index is 12.7. The van der Waals surface area contributed by atoms with Gasteiger partial charge in [-0.25, -0.2) is 9.67 Å². The lowest BCUT2D eigenvalue weighted by molar-refractivity contribution is -0.274. The van der Waals surface area contributed by atoms with Crippen LogP contribution in [0.2, 0.25) is 5.02 Å². The smallest absolute Gasteiger partial charge is 0.406 e. The van der Waals surface area contributed by atoms with Gasteiger partial charge < -0.3 is 10.1 Å². The summed E-state index contributed by atoms with van der Waals surface area (Å²) < 4.78 is 42.6. The van der Waals surface area contributed by atoms with E-state index in [0.717, 1.165) is 22.3 Å². The van der Waals surface area contributed by atoms with Crippen molar-refractivity contribution in [3.05, 3.63) is 88.7 Å². The van der Waals surface area contributed by atoms with E-state index in [1.54, 1.807) is 6.07 Å². The zero-order valence-electron chi connectivity index (χ0n) is 23.7. The molecule has 1 fully saturated rings. The Hall–Kier alpha value is -3.94. The minimum Gasteiger partial charge on any atom is -0.406 e. The van der Waals surface area contributed by atoms with E-state index in [-0.39, 0.29) is 28.4 Å². The van der Waals surface area contributed by atoms with Gasteiger partial charge >= 0.3 is 6.36 Å². The predicted octanol–water partition coefficient (Wildman–Crippen LogP) is 7.22. The molecule has 0 bridgehead atoms. The molecule has 5 rings (SSSR count). The molecule has 2 heterocycles. The van der Waals surface area contributed by atoms with Crippen LogP contribution < -0.4 is 15.0 Å². The number of aromatic nitrogens is 3. The van der Waals surface area contributed by atoms with Crippen molar-refractivity contribution in [2.24, 2.45) is 4.99 Å². The van der Waals surface area contributed by atoms with Crippen LogP contribution in [-0.4, -0.2) is 49.6 Å². The number of nitrogens with one attached hydrogen (secondary N) is 1. The maximum atomic E-state index is 12.7. The van der Waals surface area contributed by atoms with E-state index in [1.165, 1.54) is 51.9 Å². The van der Waals surface area contributed by atoms with E-state index < -0.39 is 6.36 Å². The minimum atomic E-state index is -4.75. The van der Waals surface area contributed by atoms with Crippen LogP contribution >= 0.6 is 35.6 Å². The third-order valence-corrected chi connectivity index (χ3v) is 8.43. The van der Waals surface area contributed by atoms with Crippen molar-refractivity contribution in [2.75, 3.05) is 17.2 Å². The highest BCUT2D eigenvalue weighted by molar-refractivity contribution is 8.15. The summed E-state index contributed by atoms with van der Waals surface area (Å²) in [7, 11) is 0. The highest BCUT2D eigenvalue weighted by Gasteiger charge is 2.33. The average molecular weight is 659 g/mol. The number of rotatable bonds is 7. The molecule has 0 radical (unpaired) electrons. The number of aliphatic imine (C=N–C) groups is 1. The number of ether oxygens (including phenoxy) is 1. The Morgan fingerprint density at radius 3 is 2.52 bits per heavy atom. The summed E-state index contributed by atoms with van der Waals surface area (Å²) >= 11 is 13.3. The molecule has 1 aliphatic heterocycles. The first-order chi connectivity index (χ1) is 20.9. The Balaban J connectivity index is 1.20. The van der Waals surface area contributed by atoms with E-state index in [9.17, 15) is 18.0 Å². The monoisotopic (exact) mass is 658 g/mol. The molecule has 1 N–H and O–H groups in total. The fraction of sp³-hybridized carbons (Fsp3) is 0.233.